The zero-order chi connectivity index (χ0) is 16.3. The maximum absolute atomic E-state index is 12.4. The van der Waals surface area contributed by atoms with Gasteiger partial charge in [0, 0.05) is 26.2 Å². The molecule has 1 atom stereocenters. The summed E-state index contributed by atoms with van der Waals surface area (Å²) in [4.78, 5) is 14.0. The van der Waals surface area contributed by atoms with E-state index >= 15 is 0 Å². The Morgan fingerprint density at radius 2 is 1.68 bits per heavy atom. The largest absolute Gasteiger partial charge is 0.481 e. The highest BCUT2D eigenvalue weighted by Crippen LogP contribution is 2.15. The van der Waals surface area contributed by atoms with Gasteiger partial charge < -0.3 is 9.64 Å². The highest BCUT2D eigenvalue weighted by molar-refractivity contribution is 7.88. The number of sulfonamides is 1. The molecule has 2 rings (SSSR count). The zero-order valence-corrected chi connectivity index (χ0v) is 14.0. The first-order chi connectivity index (χ1) is 10.3. The summed E-state index contributed by atoms with van der Waals surface area (Å²) in [7, 11) is -3.18. The molecule has 1 amide bonds. The smallest absolute Gasteiger partial charge is 0.263 e. The maximum Gasteiger partial charge on any atom is 0.263 e. The Morgan fingerprint density at radius 3 is 2.18 bits per heavy atom. The number of benzene rings is 1. The summed E-state index contributed by atoms with van der Waals surface area (Å²) in [6.07, 6.45) is 0.598. The Kier molecular flexibility index (Phi) is 5.08. The van der Waals surface area contributed by atoms with Crippen LogP contribution in [0.2, 0.25) is 0 Å². The van der Waals surface area contributed by atoms with Gasteiger partial charge in [0.25, 0.3) is 5.91 Å². The van der Waals surface area contributed by atoms with Crippen LogP contribution in [0.3, 0.4) is 0 Å². The van der Waals surface area contributed by atoms with Crippen LogP contribution in [0.1, 0.15) is 12.5 Å². The van der Waals surface area contributed by atoms with Gasteiger partial charge in [-0.3, -0.25) is 4.79 Å². The first kappa shape index (κ1) is 16.8. The molecule has 1 saturated heterocycles. The number of aryl methyl sites for hydroxylation is 1. The van der Waals surface area contributed by atoms with Crippen molar-refractivity contribution in [1.82, 2.24) is 9.21 Å². The van der Waals surface area contributed by atoms with Crippen LogP contribution in [-0.2, 0) is 14.8 Å². The van der Waals surface area contributed by atoms with Gasteiger partial charge in [-0.25, -0.2) is 8.42 Å². The second-order valence-electron chi connectivity index (χ2n) is 5.56. The van der Waals surface area contributed by atoms with Crippen LogP contribution in [0.4, 0.5) is 0 Å². The molecule has 0 aliphatic carbocycles. The number of hydrogen-bond acceptors (Lipinski definition) is 4. The molecule has 1 aliphatic heterocycles. The molecule has 0 aromatic heterocycles. The van der Waals surface area contributed by atoms with Gasteiger partial charge in [0.15, 0.2) is 6.10 Å². The van der Waals surface area contributed by atoms with Crippen LogP contribution in [0.15, 0.2) is 24.3 Å². The molecular formula is C15H22N2O4S. The predicted molar refractivity (Wildman–Crippen MR) is 84.3 cm³/mol. The Morgan fingerprint density at radius 1 is 1.14 bits per heavy atom. The predicted octanol–water partition coefficient (Wildman–Crippen LogP) is 0.866. The van der Waals surface area contributed by atoms with Crippen molar-refractivity contribution in [3.05, 3.63) is 29.8 Å². The SMILES string of the molecule is Cc1ccc(O[C@@H](C)C(=O)N2CCN(S(C)(=O)=O)CC2)cc1. The number of piperazine rings is 1. The molecule has 1 heterocycles. The highest BCUT2D eigenvalue weighted by atomic mass is 32.2. The fraction of sp³-hybridized carbons (Fsp3) is 0.533. The van der Waals surface area contributed by atoms with Crippen molar-refractivity contribution in [2.45, 2.75) is 20.0 Å². The lowest BCUT2D eigenvalue weighted by Crippen LogP contribution is -2.53. The number of amides is 1. The average molecular weight is 326 g/mol. The Hall–Kier alpha value is -1.60. The molecule has 0 N–H and O–H groups in total. The van der Waals surface area contributed by atoms with Crippen molar-refractivity contribution >= 4 is 15.9 Å². The molecule has 1 aromatic rings. The van der Waals surface area contributed by atoms with Crippen LogP contribution in [0.25, 0.3) is 0 Å². The second-order valence-corrected chi connectivity index (χ2v) is 7.54. The summed E-state index contributed by atoms with van der Waals surface area (Å²) in [5.41, 5.74) is 1.13. The quantitative estimate of drug-likeness (QED) is 0.823. The molecule has 0 bridgehead atoms. The van der Waals surface area contributed by atoms with Crippen LogP contribution < -0.4 is 4.74 Å². The first-order valence-electron chi connectivity index (χ1n) is 7.24. The van der Waals surface area contributed by atoms with E-state index in [1.54, 1.807) is 11.8 Å². The lowest BCUT2D eigenvalue weighted by Gasteiger charge is -2.34. The van der Waals surface area contributed by atoms with Crippen molar-refractivity contribution < 1.29 is 17.9 Å². The minimum absolute atomic E-state index is 0.117. The van der Waals surface area contributed by atoms with Gasteiger partial charge in [-0.1, -0.05) is 17.7 Å². The molecule has 0 saturated carbocycles. The number of hydrogen-bond donors (Lipinski definition) is 0. The monoisotopic (exact) mass is 326 g/mol. The van der Waals surface area contributed by atoms with E-state index in [0.29, 0.717) is 31.9 Å². The fourth-order valence-electron chi connectivity index (χ4n) is 2.37. The van der Waals surface area contributed by atoms with Crippen molar-refractivity contribution in [3.63, 3.8) is 0 Å². The number of ether oxygens (including phenoxy) is 1. The molecule has 1 aliphatic rings. The van der Waals surface area contributed by atoms with Gasteiger partial charge >= 0.3 is 0 Å². The van der Waals surface area contributed by atoms with Gasteiger partial charge in [-0.05, 0) is 26.0 Å². The Labute approximate surface area is 131 Å². The topological polar surface area (TPSA) is 66.9 Å². The minimum atomic E-state index is -3.18. The van der Waals surface area contributed by atoms with E-state index in [2.05, 4.69) is 0 Å². The number of rotatable bonds is 4. The van der Waals surface area contributed by atoms with Crippen molar-refractivity contribution in [3.8, 4) is 5.75 Å². The molecular weight excluding hydrogens is 304 g/mol. The third-order valence-electron chi connectivity index (χ3n) is 3.70. The highest BCUT2D eigenvalue weighted by Gasteiger charge is 2.29. The number of carbonyl (C=O) groups excluding carboxylic acids is 1. The molecule has 7 heteroatoms. The van der Waals surface area contributed by atoms with E-state index in [4.69, 9.17) is 4.74 Å². The van der Waals surface area contributed by atoms with E-state index in [1.165, 1.54) is 10.6 Å². The van der Waals surface area contributed by atoms with Crippen molar-refractivity contribution in [2.24, 2.45) is 0 Å². The van der Waals surface area contributed by atoms with Gasteiger partial charge in [-0.15, -0.1) is 0 Å². The third kappa shape index (κ3) is 4.20. The van der Waals surface area contributed by atoms with Gasteiger partial charge in [0.2, 0.25) is 10.0 Å². The zero-order valence-electron chi connectivity index (χ0n) is 13.2. The molecule has 122 valence electrons. The summed E-state index contributed by atoms with van der Waals surface area (Å²) in [5, 5.41) is 0. The van der Waals surface area contributed by atoms with Gasteiger partial charge in [0.1, 0.15) is 5.75 Å². The lowest BCUT2D eigenvalue weighted by atomic mass is 10.2. The van der Waals surface area contributed by atoms with E-state index < -0.39 is 16.1 Å². The van der Waals surface area contributed by atoms with Crippen molar-refractivity contribution in [1.29, 1.82) is 0 Å². The second kappa shape index (κ2) is 6.66. The number of carbonyl (C=O) groups is 1. The normalized spacial score (nSPS) is 18.0. The molecule has 6 nitrogen and oxygen atoms in total. The third-order valence-corrected chi connectivity index (χ3v) is 5.00. The summed E-state index contributed by atoms with van der Waals surface area (Å²) in [6, 6.07) is 7.52. The minimum Gasteiger partial charge on any atom is -0.481 e. The van der Waals surface area contributed by atoms with E-state index in [-0.39, 0.29) is 5.91 Å². The summed E-state index contributed by atoms with van der Waals surface area (Å²) in [5.74, 6) is 0.537. The Bertz CT molecular complexity index is 619. The summed E-state index contributed by atoms with van der Waals surface area (Å²) >= 11 is 0. The molecule has 0 unspecified atom stereocenters. The van der Waals surface area contributed by atoms with Crippen LogP contribution in [-0.4, -0.2) is 62.1 Å². The van der Waals surface area contributed by atoms with Gasteiger partial charge in [-0.2, -0.15) is 4.31 Å². The molecule has 0 radical (unpaired) electrons. The standard InChI is InChI=1S/C15H22N2O4S/c1-12-4-6-14(7-5-12)21-13(2)15(18)16-8-10-17(11-9-16)22(3,19)20/h4-7,13H,8-11H2,1-3H3/t13-/m0/s1. The maximum atomic E-state index is 12.4. The fourth-order valence-corrected chi connectivity index (χ4v) is 3.20. The molecule has 22 heavy (non-hydrogen) atoms. The van der Waals surface area contributed by atoms with E-state index in [1.807, 2.05) is 31.2 Å². The van der Waals surface area contributed by atoms with Crippen LogP contribution in [0, 0.1) is 6.92 Å². The lowest BCUT2D eigenvalue weighted by molar-refractivity contribution is -0.139. The van der Waals surface area contributed by atoms with Crippen LogP contribution >= 0.6 is 0 Å². The number of nitrogens with zero attached hydrogens (tertiary/aromatic N) is 2. The van der Waals surface area contributed by atoms with Crippen molar-refractivity contribution in [2.75, 3.05) is 32.4 Å². The summed E-state index contributed by atoms with van der Waals surface area (Å²) < 4.78 is 30.0. The molecule has 1 fully saturated rings. The molecule has 0 spiro atoms. The molecule has 1 aromatic carbocycles. The van der Waals surface area contributed by atoms with E-state index in [0.717, 1.165) is 5.56 Å². The Balaban J connectivity index is 1.90. The average Bonchev–Trinajstić information content (AvgIpc) is 2.48. The first-order valence-corrected chi connectivity index (χ1v) is 9.09. The van der Waals surface area contributed by atoms with Gasteiger partial charge in [0.05, 0.1) is 6.26 Å². The van der Waals surface area contributed by atoms with E-state index in [9.17, 15) is 13.2 Å². The van der Waals surface area contributed by atoms with Crippen LogP contribution in [0.5, 0.6) is 5.75 Å². The summed E-state index contributed by atoms with van der Waals surface area (Å²) in [6.45, 7) is 5.16.